The van der Waals surface area contributed by atoms with Crippen LogP contribution in [0.1, 0.15) is 42.5 Å². The second kappa shape index (κ2) is 12.9. The molecule has 9 nitrogen and oxygen atoms in total. The number of nitrogens with zero attached hydrogens (tertiary/aromatic N) is 3. The van der Waals surface area contributed by atoms with E-state index in [1.54, 1.807) is 35.8 Å². The van der Waals surface area contributed by atoms with Gasteiger partial charge in [0, 0.05) is 34.1 Å². The van der Waals surface area contributed by atoms with Crippen LogP contribution < -0.4 is 5.56 Å². The lowest BCUT2D eigenvalue weighted by Crippen LogP contribution is -2.22. The molecule has 0 aliphatic heterocycles. The van der Waals surface area contributed by atoms with Crippen LogP contribution in [0.25, 0.3) is 26.3 Å². The van der Waals surface area contributed by atoms with Crippen molar-refractivity contribution in [3.05, 3.63) is 112 Å². The van der Waals surface area contributed by atoms with E-state index in [9.17, 15) is 19.2 Å². The number of allylic oxidation sites excluding steroid dienone is 1. The van der Waals surface area contributed by atoms with E-state index in [2.05, 4.69) is 6.58 Å². The second-order valence-corrected chi connectivity index (χ2v) is 11.9. The maximum atomic E-state index is 13.6. The van der Waals surface area contributed by atoms with Gasteiger partial charge < -0.3 is 14.0 Å². The Kier molecular flexibility index (Phi) is 8.98. The number of benzene rings is 2. The fraction of sp³-hybridized carbons (Fsp3) is 0.182. The predicted molar refractivity (Wildman–Crippen MR) is 172 cm³/mol. The Hall–Kier alpha value is -4.74. The first-order chi connectivity index (χ1) is 21.2. The largest absolute Gasteiger partial charge is 0.465 e. The van der Waals surface area contributed by atoms with Crippen LogP contribution in [-0.4, -0.2) is 51.8 Å². The van der Waals surface area contributed by atoms with Crippen LogP contribution in [0, 0.1) is 13.8 Å². The maximum Gasteiger partial charge on any atom is 0.337 e. The molecule has 2 aromatic carbocycles. The number of hydrogen-bond acceptors (Lipinski definition) is 9. The van der Waals surface area contributed by atoms with Gasteiger partial charge in [0.25, 0.3) is 5.56 Å². The number of ether oxygens (including phenoxy) is 2. The van der Waals surface area contributed by atoms with Gasteiger partial charge >= 0.3 is 11.9 Å². The van der Waals surface area contributed by atoms with Crippen molar-refractivity contribution in [1.29, 1.82) is 0 Å². The smallest absolute Gasteiger partial charge is 0.337 e. The van der Waals surface area contributed by atoms with Gasteiger partial charge in [-0.1, -0.05) is 48.2 Å². The molecular formula is C33H29N3O6S2. The molecule has 0 atom stereocenters. The Morgan fingerprint density at radius 2 is 1.64 bits per heavy atom. The summed E-state index contributed by atoms with van der Waals surface area (Å²) in [5.41, 5.74) is 3.49. The van der Waals surface area contributed by atoms with Gasteiger partial charge in [0.1, 0.15) is 4.83 Å². The molecule has 0 aliphatic carbocycles. The number of aryl methyl sites for hydroxylation is 1. The minimum absolute atomic E-state index is 0.0336. The molecular weight excluding hydrogens is 599 g/mol. The van der Waals surface area contributed by atoms with Crippen molar-refractivity contribution in [2.24, 2.45) is 0 Å². The summed E-state index contributed by atoms with van der Waals surface area (Å²) in [5, 5.41) is 0.954. The van der Waals surface area contributed by atoms with Crippen LogP contribution >= 0.6 is 23.1 Å². The summed E-state index contributed by atoms with van der Waals surface area (Å²) in [6.45, 7) is 7.67. The number of Topliss-reactive ketones (excluding diaryl/α,β-unsaturated/α-hetero) is 1. The number of esters is 2. The number of fused-ring (bicyclic) bond motifs is 1. The fourth-order valence-electron chi connectivity index (χ4n) is 5.00. The first-order valence-electron chi connectivity index (χ1n) is 13.5. The Morgan fingerprint density at radius 3 is 2.25 bits per heavy atom. The van der Waals surface area contributed by atoms with Gasteiger partial charge in [-0.3, -0.25) is 14.2 Å². The van der Waals surface area contributed by atoms with E-state index in [4.69, 9.17) is 14.5 Å². The molecule has 3 aromatic heterocycles. The van der Waals surface area contributed by atoms with Crippen molar-refractivity contribution >= 4 is 51.0 Å². The van der Waals surface area contributed by atoms with Crippen LogP contribution in [0.3, 0.4) is 0 Å². The number of hydrogen-bond donors (Lipinski definition) is 0. The van der Waals surface area contributed by atoms with E-state index in [0.717, 1.165) is 16.1 Å². The van der Waals surface area contributed by atoms with E-state index in [1.807, 2.05) is 43.3 Å². The number of rotatable bonds is 10. The van der Waals surface area contributed by atoms with Gasteiger partial charge in [0.15, 0.2) is 10.9 Å². The van der Waals surface area contributed by atoms with Gasteiger partial charge in [0.05, 0.1) is 36.5 Å². The minimum atomic E-state index is -0.608. The van der Waals surface area contributed by atoms with Crippen LogP contribution in [0.15, 0.2) is 83.3 Å². The SMILES string of the molecule is C=CCn1c(SCC(=O)c2cc(C)n(-c3cc(C(=O)OC)cc(C(=O)OC)c3)c2C)nc2sc(-c3ccccc3)cc2c1=O. The molecule has 0 amide bonds. The summed E-state index contributed by atoms with van der Waals surface area (Å²) in [4.78, 5) is 58.0. The molecule has 0 aliphatic rings. The summed E-state index contributed by atoms with van der Waals surface area (Å²) in [5.74, 6) is -1.35. The first-order valence-corrected chi connectivity index (χ1v) is 15.3. The number of thiophene rings is 1. The zero-order chi connectivity index (χ0) is 31.5. The predicted octanol–water partition coefficient (Wildman–Crippen LogP) is 6.27. The number of aromatic nitrogens is 3. The quantitative estimate of drug-likeness (QED) is 0.0586. The Bertz CT molecular complexity index is 1950. The third-order valence-electron chi connectivity index (χ3n) is 7.07. The molecule has 0 fully saturated rings. The van der Waals surface area contributed by atoms with Crippen LogP contribution in [0.5, 0.6) is 0 Å². The van der Waals surface area contributed by atoms with E-state index in [-0.39, 0.29) is 34.8 Å². The lowest BCUT2D eigenvalue weighted by molar-refractivity contribution is 0.0598. The topological polar surface area (TPSA) is 109 Å². The lowest BCUT2D eigenvalue weighted by Gasteiger charge is -2.13. The summed E-state index contributed by atoms with van der Waals surface area (Å²) in [6, 6.07) is 18.0. The normalized spacial score (nSPS) is 11.0. The van der Waals surface area contributed by atoms with Gasteiger partial charge in [-0.15, -0.1) is 17.9 Å². The molecule has 0 spiro atoms. The molecule has 0 N–H and O–H groups in total. The number of ketones is 1. The average molecular weight is 628 g/mol. The van der Waals surface area contributed by atoms with Crippen molar-refractivity contribution in [3.63, 3.8) is 0 Å². The lowest BCUT2D eigenvalue weighted by atomic mass is 10.1. The fourth-order valence-corrected chi connectivity index (χ4v) is 6.97. The summed E-state index contributed by atoms with van der Waals surface area (Å²) in [7, 11) is 2.52. The highest BCUT2D eigenvalue weighted by Crippen LogP contribution is 2.32. The first kappa shape index (κ1) is 30.7. The Morgan fingerprint density at radius 1 is 0.977 bits per heavy atom. The zero-order valence-electron chi connectivity index (χ0n) is 24.6. The van der Waals surface area contributed by atoms with Crippen molar-refractivity contribution in [3.8, 4) is 16.1 Å². The molecule has 0 saturated heterocycles. The van der Waals surface area contributed by atoms with E-state index < -0.39 is 11.9 Å². The third-order valence-corrected chi connectivity index (χ3v) is 9.12. The Labute approximate surface area is 261 Å². The average Bonchev–Trinajstić information content (AvgIpc) is 3.61. The second-order valence-electron chi connectivity index (χ2n) is 9.88. The highest BCUT2D eigenvalue weighted by Gasteiger charge is 2.22. The highest BCUT2D eigenvalue weighted by molar-refractivity contribution is 7.99. The molecule has 5 aromatic rings. The van der Waals surface area contributed by atoms with Crippen LogP contribution in [0.4, 0.5) is 0 Å². The molecule has 224 valence electrons. The summed E-state index contributed by atoms with van der Waals surface area (Å²) >= 11 is 2.63. The standard InChI is InChI=1S/C33H29N3O6S2/c1-6-12-35-30(38)26-17-28(21-10-8-7-9-11-21)44-29(26)34-33(35)43-18-27(37)25-13-19(2)36(20(25)3)24-15-22(31(39)41-4)14-23(16-24)32(40)42-5/h6-11,13-17H,1,12,18H2,2-5H3. The maximum absolute atomic E-state index is 13.6. The molecule has 0 unspecified atom stereocenters. The molecule has 11 heteroatoms. The monoisotopic (exact) mass is 627 g/mol. The minimum Gasteiger partial charge on any atom is -0.465 e. The zero-order valence-corrected chi connectivity index (χ0v) is 26.2. The number of thioether (sulfide) groups is 1. The highest BCUT2D eigenvalue weighted by atomic mass is 32.2. The van der Waals surface area contributed by atoms with E-state index in [1.165, 1.54) is 48.0 Å². The molecule has 5 rings (SSSR count). The van der Waals surface area contributed by atoms with Crippen molar-refractivity contribution in [2.75, 3.05) is 20.0 Å². The summed E-state index contributed by atoms with van der Waals surface area (Å²) < 4.78 is 13.1. The molecule has 0 saturated carbocycles. The number of methoxy groups -OCH3 is 2. The van der Waals surface area contributed by atoms with E-state index in [0.29, 0.717) is 32.3 Å². The number of carbonyl (C=O) groups excluding carboxylic acids is 3. The van der Waals surface area contributed by atoms with Gasteiger partial charge in [-0.25, -0.2) is 14.6 Å². The molecule has 0 radical (unpaired) electrons. The van der Waals surface area contributed by atoms with Gasteiger partial charge in [-0.2, -0.15) is 0 Å². The van der Waals surface area contributed by atoms with Crippen LogP contribution in [0.2, 0.25) is 0 Å². The van der Waals surface area contributed by atoms with Gasteiger partial charge in [0.2, 0.25) is 0 Å². The van der Waals surface area contributed by atoms with E-state index >= 15 is 0 Å². The van der Waals surface area contributed by atoms with Crippen molar-refractivity contribution in [1.82, 2.24) is 14.1 Å². The Balaban J connectivity index is 1.47. The number of carbonyl (C=O) groups is 3. The van der Waals surface area contributed by atoms with Crippen molar-refractivity contribution < 1.29 is 23.9 Å². The van der Waals surface area contributed by atoms with Crippen LogP contribution in [-0.2, 0) is 16.0 Å². The molecule has 3 heterocycles. The molecule has 44 heavy (non-hydrogen) atoms. The summed E-state index contributed by atoms with van der Waals surface area (Å²) in [6.07, 6.45) is 1.63. The van der Waals surface area contributed by atoms with Crippen molar-refractivity contribution in [2.45, 2.75) is 25.5 Å². The molecule has 0 bridgehead atoms. The third kappa shape index (κ3) is 5.88. The van der Waals surface area contributed by atoms with Gasteiger partial charge in [-0.05, 0) is 49.7 Å².